The van der Waals surface area contributed by atoms with Gasteiger partial charge in [0.25, 0.3) is 0 Å². The predicted octanol–water partition coefficient (Wildman–Crippen LogP) is 3.78. The first-order valence-electron chi connectivity index (χ1n) is 6.15. The predicted molar refractivity (Wildman–Crippen MR) is 79.8 cm³/mol. The van der Waals surface area contributed by atoms with Crippen LogP contribution in [0.2, 0.25) is 5.02 Å². The highest BCUT2D eigenvalue weighted by atomic mass is 35.5. The molecule has 96 valence electrons. The number of nitrogens with one attached hydrogen (secondary N) is 1. The molecule has 0 bridgehead atoms. The molecule has 19 heavy (non-hydrogen) atoms. The largest absolute Gasteiger partial charge is 0.359 e. The number of halogens is 1. The summed E-state index contributed by atoms with van der Waals surface area (Å²) >= 11 is 5.92. The highest BCUT2D eigenvalue weighted by molar-refractivity contribution is 6.30. The summed E-state index contributed by atoms with van der Waals surface area (Å²) in [5.41, 5.74) is 3.33. The van der Waals surface area contributed by atoms with Gasteiger partial charge >= 0.3 is 0 Å². The molecule has 0 spiro atoms. The van der Waals surface area contributed by atoms with Gasteiger partial charge in [-0.15, -0.1) is 0 Å². The van der Waals surface area contributed by atoms with Crippen molar-refractivity contribution in [3.05, 3.63) is 59.1 Å². The summed E-state index contributed by atoms with van der Waals surface area (Å²) < 4.78 is 2.17. The molecule has 1 N–H and O–H groups in total. The highest BCUT2D eigenvalue weighted by Gasteiger charge is 2.09. The number of anilines is 1. The number of para-hydroxylation sites is 2. The highest BCUT2D eigenvalue weighted by Crippen LogP contribution is 2.21. The number of aromatic nitrogens is 2. The fraction of sp³-hybridized carbons (Fsp3) is 0.133. The molecule has 3 aromatic rings. The van der Waals surface area contributed by atoms with E-state index in [1.165, 1.54) is 5.56 Å². The maximum atomic E-state index is 5.92. The Balaban J connectivity index is 2.06. The Morgan fingerprint density at radius 2 is 1.84 bits per heavy atom. The van der Waals surface area contributed by atoms with Gasteiger partial charge < -0.3 is 9.88 Å². The van der Waals surface area contributed by atoms with Gasteiger partial charge in [0.05, 0.1) is 17.6 Å². The Labute approximate surface area is 116 Å². The van der Waals surface area contributed by atoms with E-state index in [1.54, 1.807) is 0 Å². The molecule has 0 saturated carbocycles. The Morgan fingerprint density at radius 3 is 2.58 bits per heavy atom. The zero-order valence-electron chi connectivity index (χ0n) is 10.6. The summed E-state index contributed by atoms with van der Waals surface area (Å²) in [4.78, 5) is 4.57. The molecule has 3 nitrogen and oxygen atoms in total. The fourth-order valence-electron chi connectivity index (χ4n) is 2.20. The molecule has 0 radical (unpaired) electrons. The molecule has 1 heterocycles. The van der Waals surface area contributed by atoms with Crippen molar-refractivity contribution in [2.24, 2.45) is 0 Å². The van der Waals surface area contributed by atoms with Crippen molar-refractivity contribution in [3.63, 3.8) is 0 Å². The monoisotopic (exact) mass is 271 g/mol. The van der Waals surface area contributed by atoms with Gasteiger partial charge in [-0.1, -0.05) is 35.9 Å². The molecular weight excluding hydrogens is 258 g/mol. The number of hydrogen-bond acceptors (Lipinski definition) is 2. The lowest BCUT2D eigenvalue weighted by Crippen LogP contribution is -2.04. The number of imidazole rings is 1. The summed E-state index contributed by atoms with van der Waals surface area (Å²) in [7, 11) is 1.89. The third kappa shape index (κ3) is 2.29. The fourth-order valence-corrected chi connectivity index (χ4v) is 2.32. The van der Waals surface area contributed by atoms with Crippen LogP contribution in [-0.4, -0.2) is 16.6 Å². The van der Waals surface area contributed by atoms with Crippen LogP contribution in [0.5, 0.6) is 0 Å². The summed E-state index contributed by atoms with van der Waals surface area (Å²) in [6.45, 7) is 0.772. The first kappa shape index (κ1) is 12.1. The molecule has 0 saturated heterocycles. The minimum atomic E-state index is 0.757. The lowest BCUT2D eigenvalue weighted by molar-refractivity contribution is 0.832. The summed E-state index contributed by atoms with van der Waals surface area (Å²) in [6.07, 6.45) is 0. The van der Waals surface area contributed by atoms with Crippen LogP contribution >= 0.6 is 11.6 Å². The van der Waals surface area contributed by atoms with Gasteiger partial charge in [0.1, 0.15) is 0 Å². The molecule has 0 aliphatic heterocycles. The second kappa shape index (κ2) is 4.94. The molecular formula is C15H14ClN3. The van der Waals surface area contributed by atoms with Gasteiger partial charge in [-0.25, -0.2) is 4.98 Å². The van der Waals surface area contributed by atoms with Crippen molar-refractivity contribution in [2.45, 2.75) is 6.54 Å². The van der Waals surface area contributed by atoms with E-state index in [0.29, 0.717) is 0 Å². The smallest absolute Gasteiger partial charge is 0.203 e. The van der Waals surface area contributed by atoms with E-state index in [1.807, 2.05) is 49.5 Å². The number of nitrogens with zero attached hydrogens (tertiary/aromatic N) is 2. The third-order valence-corrected chi connectivity index (χ3v) is 3.38. The van der Waals surface area contributed by atoms with Crippen molar-refractivity contribution in [1.82, 2.24) is 9.55 Å². The molecule has 4 heteroatoms. The normalized spacial score (nSPS) is 10.8. The number of hydrogen-bond donors (Lipinski definition) is 1. The third-order valence-electron chi connectivity index (χ3n) is 3.13. The molecule has 0 unspecified atom stereocenters. The molecule has 0 amide bonds. The summed E-state index contributed by atoms with van der Waals surface area (Å²) in [6, 6.07) is 16.0. The van der Waals surface area contributed by atoms with Crippen molar-refractivity contribution in [1.29, 1.82) is 0 Å². The van der Waals surface area contributed by atoms with E-state index >= 15 is 0 Å². The number of rotatable bonds is 3. The second-order valence-corrected chi connectivity index (χ2v) is 4.82. The van der Waals surface area contributed by atoms with Crippen molar-refractivity contribution in [3.8, 4) is 0 Å². The average molecular weight is 272 g/mol. The zero-order valence-corrected chi connectivity index (χ0v) is 11.4. The van der Waals surface area contributed by atoms with Crippen LogP contribution in [-0.2, 0) is 6.54 Å². The van der Waals surface area contributed by atoms with Crippen molar-refractivity contribution >= 4 is 28.6 Å². The molecule has 0 atom stereocenters. The Kier molecular flexibility index (Phi) is 3.13. The van der Waals surface area contributed by atoms with Crippen molar-refractivity contribution in [2.75, 3.05) is 12.4 Å². The van der Waals surface area contributed by atoms with Crippen LogP contribution in [0, 0.1) is 0 Å². The van der Waals surface area contributed by atoms with E-state index in [4.69, 9.17) is 11.6 Å². The van der Waals surface area contributed by atoms with Crippen LogP contribution < -0.4 is 5.32 Å². The topological polar surface area (TPSA) is 29.9 Å². The van der Waals surface area contributed by atoms with Gasteiger partial charge in [0.15, 0.2) is 0 Å². The van der Waals surface area contributed by atoms with Gasteiger partial charge in [0, 0.05) is 12.1 Å². The molecule has 2 aromatic carbocycles. The van der Waals surface area contributed by atoms with Gasteiger partial charge in [-0.05, 0) is 29.8 Å². The number of benzene rings is 2. The van der Waals surface area contributed by atoms with Crippen LogP contribution in [0.25, 0.3) is 11.0 Å². The van der Waals surface area contributed by atoms with Crippen LogP contribution in [0.3, 0.4) is 0 Å². The van der Waals surface area contributed by atoms with E-state index in [-0.39, 0.29) is 0 Å². The quantitative estimate of drug-likeness (QED) is 0.786. The van der Waals surface area contributed by atoms with E-state index in [9.17, 15) is 0 Å². The molecule has 0 fully saturated rings. The lowest BCUT2D eigenvalue weighted by atomic mass is 10.2. The Hall–Kier alpha value is -2.00. The lowest BCUT2D eigenvalue weighted by Gasteiger charge is -2.08. The minimum Gasteiger partial charge on any atom is -0.359 e. The van der Waals surface area contributed by atoms with Crippen LogP contribution in [0.15, 0.2) is 48.5 Å². The first-order chi connectivity index (χ1) is 9.28. The van der Waals surface area contributed by atoms with E-state index in [2.05, 4.69) is 20.9 Å². The van der Waals surface area contributed by atoms with Crippen LogP contribution in [0.4, 0.5) is 5.95 Å². The standard InChI is InChI=1S/C15H14ClN3/c1-17-15-18-13-4-2-3-5-14(13)19(15)10-11-6-8-12(16)9-7-11/h2-9H,10H2,1H3,(H,17,18). The second-order valence-electron chi connectivity index (χ2n) is 4.39. The van der Waals surface area contributed by atoms with Crippen molar-refractivity contribution < 1.29 is 0 Å². The minimum absolute atomic E-state index is 0.757. The molecule has 0 aliphatic carbocycles. The Morgan fingerprint density at radius 1 is 1.11 bits per heavy atom. The SMILES string of the molecule is CNc1nc2ccccc2n1Cc1ccc(Cl)cc1. The van der Waals surface area contributed by atoms with Gasteiger partial charge in [-0.3, -0.25) is 0 Å². The van der Waals surface area contributed by atoms with E-state index < -0.39 is 0 Å². The molecule has 0 aliphatic rings. The van der Waals surface area contributed by atoms with Crippen LogP contribution in [0.1, 0.15) is 5.56 Å². The summed E-state index contributed by atoms with van der Waals surface area (Å²) in [5, 5.41) is 3.90. The average Bonchev–Trinajstić information content (AvgIpc) is 2.79. The van der Waals surface area contributed by atoms with Gasteiger partial charge in [-0.2, -0.15) is 0 Å². The summed E-state index contributed by atoms with van der Waals surface area (Å²) in [5.74, 6) is 0.871. The zero-order chi connectivity index (χ0) is 13.2. The maximum absolute atomic E-state index is 5.92. The van der Waals surface area contributed by atoms with E-state index in [0.717, 1.165) is 28.5 Å². The Bertz CT molecular complexity index is 701. The number of fused-ring (bicyclic) bond motifs is 1. The molecule has 3 rings (SSSR count). The molecule has 1 aromatic heterocycles. The van der Waals surface area contributed by atoms with Gasteiger partial charge in [0.2, 0.25) is 5.95 Å². The first-order valence-corrected chi connectivity index (χ1v) is 6.53. The maximum Gasteiger partial charge on any atom is 0.203 e.